The molecule has 0 saturated carbocycles. The molecule has 0 N–H and O–H groups in total. The highest BCUT2D eigenvalue weighted by molar-refractivity contribution is 6.14. The molecule has 1 fully saturated rings. The SMILES string of the molecule is CCCCCCC(C)C1([SiH3])CCCCO1. The first-order chi connectivity index (χ1) is 7.19. The van der Waals surface area contributed by atoms with Gasteiger partial charge in [-0.25, -0.2) is 0 Å². The van der Waals surface area contributed by atoms with Gasteiger partial charge < -0.3 is 4.74 Å². The van der Waals surface area contributed by atoms with E-state index >= 15 is 0 Å². The summed E-state index contributed by atoms with van der Waals surface area (Å²) in [5.74, 6) is 0.793. The smallest absolute Gasteiger partial charge is 0.0510 e. The van der Waals surface area contributed by atoms with Crippen LogP contribution in [0.15, 0.2) is 0 Å². The lowest BCUT2D eigenvalue weighted by atomic mass is 9.91. The van der Waals surface area contributed by atoms with Crippen LogP contribution in [-0.2, 0) is 4.74 Å². The second-order valence-electron chi connectivity index (χ2n) is 5.37. The minimum Gasteiger partial charge on any atom is -0.379 e. The van der Waals surface area contributed by atoms with Crippen LogP contribution >= 0.6 is 0 Å². The Labute approximate surface area is 98.4 Å². The van der Waals surface area contributed by atoms with E-state index < -0.39 is 0 Å². The normalized spacial score (nSPS) is 29.2. The third-order valence-electron chi connectivity index (χ3n) is 4.03. The highest BCUT2D eigenvalue weighted by Gasteiger charge is 2.32. The van der Waals surface area contributed by atoms with Crippen molar-refractivity contribution in [3.05, 3.63) is 0 Å². The Hall–Kier alpha value is 0.177. The van der Waals surface area contributed by atoms with Crippen LogP contribution < -0.4 is 0 Å². The molecule has 15 heavy (non-hydrogen) atoms. The average Bonchev–Trinajstić information content (AvgIpc) is 2.25. The van der Waals surface area contributed by atoms with Crippen molar-refractivity contribution in [3.63, 3.8) is 0 Å². The van der Waals surface area contributed by atoms with Crippen molar-refractivity contribution in [2.45, 2.75) is 70.4 Å². The summed E-state index contributed by atoms with van der Waals surface area (Å²) in [5.41, 5.74) is 0. The topological polar surface area (TPSA) is 9.23 Å². The van der Waals surface area contributed by atoms with Gasteiger partial charge in [-0.05, 0) is 31.6 Å². The molecule has 2 atom stereocenters. The molecule has 2 unspecified atom stereocenters. The molecule has 0 aromatic carbocycles. The highest BCUT2D eigenvalue weighted by Crippen LogP contribution is 2.32. The van der Waals surface area contributed by atoms with E-state index in [4.69, 9.17) is 4.74 Å². The zero-order valence-corrected chi connectivity index (χ0v) is 12.8. The maximum atomic E-state index is 6.05. The van der Waals surface area contributed by atoms with Crippen molar-refractivity contribution < 1.29 is 4.74 Å². The first-order valence-corrected chi connectivity index (χ1v) is 7.83. The average molecular weight is 228 g/mol. The molecule has 0 bridgehead atoms. The minimum atomic E-state index is 0.324. The minimum absolute atomic E-state index is 0.324. The molecule has 1 nitrogen and oxygen atoms in total. The summed E-state index contributed by atoms with van der Waals surface area (Å²) >= 11 is 0. The monoisotopic (exact) mass is 228 g/mol. The second-order valence-corrected chi connectivity index (χ2v) is 7.06. The molecule has 1 aliphatic rings. The predicted molar refractivity (Wildman–Crippen MR) is 70.4 cm³/mol. The van der Waals surface area contributed by atoms with E-state index in [1.165, 1.54) is 61.6 Å². The molecule has 0 amide bonds. The zero-order chi connectivity index (χ0) is 11.1. The Kier molecular flexibility index (Phi) is 5.91. The van der Waals surface area contributed by atoms with Gasteiger partial charge in [-0.3, -0.25) is 0 Å². The van der Waals surface area contributed by atoms with Gasteiger partial charge in [-0.2, -0.15) is 0 Å². The van der Waals surface area contributed by atoms with E-state index in [1.807, 2.05) is 0 Å². The molecule has 1 heterocycles. The molecule has 0 aromatic rings. The molecule has 0 radical (unpaired) electrons. The molecule has 2 heteroatoms. The number of rotatable bonds is 6. The van der Waals surface area contributed by atoms with Gasteiger partial charge in [0.15, 0.2) is 0 Å². The lowest BCUT2D eigenvalue weighted by molar-refractivity contribution is -0.0534. The molecule has 1 rings (SSSR count). The van der Waals surface area contributed by atoms with Crippen LogP contribution in [0, 0.1) is 5.92 Å². The van der Waals surface area contributed by atoms with E-state index in [-0.39, 0.29) is 0 Å². The lowest BCUT2D eigenvalue weighted by Crippen LogP contribution is -2.43. The molecular weight excluding hydrogens is 200 g/mol. The highest BCUT2D eigenvalue weighted by atomic mass is 28.1. The molecule has 1 aliphatic heterocycles. The van der Waals surface area contributed by atoms with E-state index in [1.54, 1.807) is 0 Å². The van der Waals surface area contributed by atoms with Crippen LogP contribution in [0.4, 0.5) is 0 Å². The van der Waals surface area contributed by atoms with E-state index in [0.29, 0.717) is 5.22 Å². The Morgan fingerprint density at radius 3 is 2.67 bits per heavy atom. The summed E-state index contributed by atoms with van der Waals surface area (Å²) in [6.45, 7) is 5.70. The van der Waals surface area contributed by atoms with Gasteiger partial charge in [-0.15, -0.1) is 0 Å². The van der Waals surface area contributed by atoms with Crippen molar-refractivity contribution in [3.8, 4) is 0 Å². The molecule has 0 aliphatic carbocycles. The molecule has 90 valence electrons. The summed E-state index contributed by atoms with van der Waals surface area (Å²) in [7, 11) is 1.21. The summed E-state index contributed by atoms with van der Waals surface area (Å²) in [5, 5.41) is 0.324. The quantitative estimate of drug-likeness (QED) is 0.502. The fourth-order valence-corrected chi connectivity index (χ4v) is 3.37. The summed E-state index contributed by atoms with van der Waals surface area (Å²) in [6, 6.07) is 0. The third kappa shape index (κ3) is 4.27. The summed E-state index contributed by atoms with van der Waals surface area (Å²) in [4.78, 5) is 0. The fraction of sp³-hybridized carbons (Fsp3) is 1.00. The van der Waals surface area contributed by atoms with Crippen LogP contribution in [-0.4, -0.2) is 22.1 Å². The van der Waals surface area contributed by atoms with Gasteiger partial charge in [0.1, 0.15) is 0 Å². The van der Waals surface area contributed by atoms with E-state index in [9.17, 15) is 0 Å². The number of hydrogen-bond acceptors (Lipinski definition) is 1. The molecular formula is C13H28OSi. The first kappa shape index (κ1) is 13.2. The number of hydrogen-bond donors (Lipinski definition) is 0. The van der Waals surface area contributed by atoms with Crippen molar-refractivity contribution >= 4 is 10.2 Å². The van der Waals surface area contributed by atoms with Gasteiger partial charge in [0, 0.05) is 16.8 Å². The van der Waals surface area contributed by atoms with E-state index in [0.717, 1.165) is 12.5 Å². The fourth-order valence-electron chi connectivity index (χ4n) is 2.53. The standard InChI is InChI=1S/C13H28OSi/c1-3-4-5-6-9-12(2)13(15)10-7-8-11-14-13/h12H,3-11H2,1-2,15H3. The Balaban J connectivity index is 2.22. The lowest BCUT2D eigenvalue weighted by Gasteiger charge is -2.39. The first-order valence-electron chi connectivity index (χ1n) is 6.83. The van der Waals surface area contributed by atoms with E-state index in [2.05, 4.69) is 13.8 Å². The number of unbranched alkanes of at least 4 members (excludes halogenated alkanes) is 3. The van der Waals surface area contributed by atoms with Gasteiger partial charge in [0.05, 0.1) is 5.22 Å². The summed E-state index contributed by atoms with van der Waals surface area (Å²) < 4.78 is 6.05. The van der Waals surface area contributed by atoms with Crippen LogP contribution in [0.5, 0.6) is 0 Å². The largest absolute Gasteiger partial charge is 0.379 e. The summed E-state index contributed by atoms with van der Waals surface area (Å²) in [6.07, 6.45) is 11.0. The van der Waals surface area contributed by atoms with Gasteiger partial charge in [-0.1, -0.05) is 39.5 Å². The Morgan fingerprint density at radius 2 is 2.07 bits per heavy atom. The Bertz CT molecular complexity index is 164. The van der Waals surface area contributed by atoms with Crippen molar-refractivity contribution in [1.29, 1.82) is 0 Å². The van der Waals surface area contributed by atoms with Crippen molar-refractivity contribution in [2.24, 2.45) is 5.92 Å². The maximum absolute atomic E-state index is 6.05. The van der Waals surface area contributed by atoms with Crippen LogP contribution in [0.25, 0.3) is 0 Å². The van der Waals surface area contributed by atoms with Crippen LogP contribution in [0.3, 0.4) is 0 Å². The predicted octanol–water partition coefficient (Wildman–Crippen LogP) is 2.86. The number of ether oxygens (including phenoxy) is 1. The maximum Gasteiger partial charge on any atom is 0.0510 e. The van der Waals surface area contributed by atoms with Crippen LogP contribution in [0.2, 0.25) is 0 Å². The van der Waals surface area contributed by atoms with Gasteiger partial charge in [0.2, 0.25) is 0 Å². The Morgan fingerprint density at radius 1 is 1.27 bits per heavy atom. The zero-order valence-electron chi connectivity index (χ0n) is 10.8. The molecule has 1 saturated heterocycles. The van der Waals surface area contributed by atoms with Crippen LogP contribution in [0.1, 0.15) is 65.2 Å². The van der Waals surface area contributed by atoms with Crippen molar-refractivity contribution in [1.82, 2.24) is 0 Å². The molecule has 0 spiro atoms. The van der Waals surface area contributed by atoms with Gasteiger partial charge in [0.25, 0.3) is 0 Å². The third-order valence-corrected chi connectivity index (χ3v) is 5.81. The molecule has 0 aromatic heterocycles. The second kappa shape index (κ2) is 6.69. The van der Waals surface area contributed by atoms with Gasteiger partial charge >= 0.3 is 0 Å². The van der Waals surface area contributed by atoms with Crippen molar-refractivity contribution in [2.75, 3.05) is 6.61 Å².